The zero-order chi connectivity index (χ0) is 11.0. The zero-order valence-electron chi connectivity index (χ0n) is 7.56. The summed E-state index contributed by atoms with van der Waals surface area (Å²) in [6.45, 7) is 0. The molecule has 0 aliphatic carbocycles. The van der Waals surface area contributed by atoms with Gasteiger partial charge in [0.15, 0.2) is 9.67 Å². The van der Waals surface area contributed by atoms with Gasteiger partial charge in [-0.05, 0) is 28.1 Å². The number of ether oxygens (including phenoxy) is 1. The minimum Gasteiger partial charge on any atom is -0.490 e. The van der Waals surface area contributed by atoms with Gasteiger partial charge in [0.1, 0.15) is 4.70 Å². The normalized spacial score (nSPS) is 10.5. The lowest BCUT2D eigenvalue weighted by molar-refractivity contribution is -0.383. The molecule has 0 saturated carbocycles. The van der Waals surface area contributed by atoms with E-state index in [1.165, 1.54) is 18.4 Å². The number of rotatable bonds is 2. The van der Waals surface area contributed by atoms with Crippen molar-refractivity contribution >= 4 is 43.2 Å². The van der Waals surface area contributed by atoms with Crippen molar-refractivity contribution in [1.82, 2.24) is 4.98 Å². The molecule has 0 aliphatic heterocycles. The average molecular weight is 289 g/mol. The third-order valence-electron chi connectivity index (χ3n) is 1.87. The summed E-state index contributed by atoms with van der Waals surface area (Å²) in [5.74, 6) is 0.253. The molecule has 1 heterocycles. The van der Waals surface area contributed by atoms with Gasteiger partial charge in [-0.3, -0.25) is 10.1 Å². The lowest BCUT2D eigenvalue weighted by atomic mass is 10.3. The fraction of sp³-hybridized carbons (Fsp3) is 0.125. The van der Waals surface area contributed by atoms with Crippen molar-refractivity contribution in [2.24, 2.45) is 0 Å². The van der Waals surface area contributed by atoms with Crippen molar-refractivity contribution in [3.63, 3.8) is 0 Å². The lowest BCUT2D eigenvalue weighted by Crippen LogP contribution is -1.93. The van der Waals surface area contributed by atoms with E-state index in [-0.39, 0.29) is 11.4 Å². The molecule has 5 nitrogen and oxygen atoms in total. The van der Waals surface area contributed by atoms with Gasteiger partial charge in [-0.2, -0.15) is 0 Å². The first-order valence-electron chi connectivity index (χ1n) is 3.91. The summed E-state index contributed by atoms with van der Waals surface area (Å²) in [5, 5.41) is 10.9. The number of fused-ring (bicyclic) bond motifs is 1. The molecule has 15 heavy (non-hydrogen) atoms. The largest absolute Gasteiger partial charge is 0.490 e. The second-order valence-corrected chi connectivity index (χ2v) is 4.96. The molecule has 0 spiro atoms. The van der Waals surface area contributed by atoms with Crippen molar-refractivity contribution in [2.45, 2.75) is 0 Å². The molecule has 1 aromatic heterocycles. The monoisotopic (exact) mass is 288 g/mol. The maximum atomic E-state index is 10.9. The first kappa shape index (κ1) is 10.3. The van der Waals surface area contributed by atoms with E-state index in [0.717, 1.165) is 0 Å². The number of halogens is 1. The van der Waals surface area contributed by atoms with E-state index in [0.29, 0.717) is 14.1 Å². The zero-order valence-corrected chi connectivity index (χ0v) is 9.96. The first-order chi connectivity index (χ1) is 7.13. The minimum atomic E-state index is -0.453. The van der Waals surface area contributed by atoms with Gasteiger partial charge in [0.25, 0.3) is 0 Å². The number of nitro benzene ring substituents is 1. The van der Waals surface area contributed by atoms with Crippen LogP contribution in [0.4, 0.5) is 5.69 Å². The Kier molecular flexibility index (Phi) is 2.57. The number of aromatic nitrogens is 1. The summed E-state index contributed by atoms with van der Waals surface area (Å²) in [7, 11) is 1.41. The SMILES string of the molecule is COc1ccc2nc(Br)sc2c1[N+](=O)[O-]. The van der Waals surface area contributed by atoms with Crippen molar-refractivity contribution in [2.75, 3.05) is 7.11 Å². The highest BCUT2D eigenvalue weighted by molar-refractivity contribution is 9.11. The predicted molar refractivity (Wildman–Crippen MR) is 60.5 cm³/mol. The Labute approximate surface area is 97.0 Å². The Bertz CT molecular complexity index is 540. The molecule has 0 fully saturated rings. The minimum absolute atomic E-state index is 0.0294. The molecule has 0 atom stereocenters. The highest BCUT2D eigenvalue weighted by Gasteiger charge is 2.21. The summed E-state index contributed by atoms with van der Waals surface area (Å²) in [6, 6.07) is 3.25. The van der Waals surface area contributed by atoms with Gasteiger partial charge >= 0.3 is 5.69 Å². The molecule has 0 saturated heterocycles. The van der Waals surface area contributed by atoms with E-state index in [4.69, 9.17) is 4.74 Å². The van der Waals surface area contributed by atoms with E-state index in [2.05, 4.69) is 20.9 Å². The quantitative estimate of drug-likeness (QED) is 0.629. The molecule has 0 unspecified atom stereocenters. The lowest BCUT2D eigenvalue weighted by Gasteiger charge is -2.00. The summed E-state index contributed by atoms with van der Waals surface area (Å²) < 4.78 is 6.08. The van der Waals surface area contributed by atoms with Crippen LogP contribution in [-0.2, 0) is 0 Å². The van der Waals surface area contributed by atoms with Crippen molar-refractivity contribution in [3.05, 3.63) is 26.2 Å². The highest BCUT2D eigenvalue weighted by atomic mass is 79.9. The second-order valence-electron chi connectivity index (χ2n) is 2.69. The van der Waals surface area contributed by atoms with Crippen LogP contribution in [0.2, 0.25) is 0 Å². The van der Waals surface area contributed by atoms with Crippen LogP contribution in [0, 0.1) is 10.1 Å². The molecule has 78 valence electrons. The number of hydrogen-bond acceptors (Lipinski definition) is 5. The molecule has 0 amide bonds. The standard InChI is InChI=1S/C8H5BrN2O3S/c1-14-5-3-2-4-7(6(5)11(12)13)15-8(9)10-4/h2-3H,1H3. The molecule has 0 radical (unpaired) electrons. The fourth-order valence-electron chi connectivity index (χ4n) is 1.27. The molecule has 2 rings (SSSR count). The number of hydrogen-bond donors (Lipinski definition) is 0. The Morgan fingerprint density at radius 1 is 1.60 bits per heavy atom. The predicted octanol–water partition coefficient (Wildman–Crippen LogP) is 2.98. The highest BCUT2D eigenvalue weighted by Crippen LogP contribution is 2.39. The van der Waals surface area contributed by atoms with Gasteiger partial charge in [-0.15, -0.1) is 0 Å². The Balaban J connectivity index is 2.83. The molecule has 0 N–H and O–H groups in total. The van der Waals surface area contributed by atoms with Crippen LogP contribution in [0.25, 0.3) is 10.2 Å². The molecular formula is C8H5BrN2O3S. The molecule has 0 aliphatic rings. The van der Waals surface area contributed by atoms with E-state index in [9.17, 15) is 10.1 Å². The van der Waals surface area contributed by atoms with E-state index < -0.39 is 4.92 Å². The summed E-state index contributed by atoms with van der Waals surface area (Å²) >= 11 is 4.42. The van der Waals surface area contributed by atoms with Gasteiger partial charge in [0, 0.05) is 0 Å². The maximum Gasteiger partial charge on any atom is 0.330 e. The fourth-order valence-corrected chi connectivity index (χ4v) is 2.75. The third-order valence-corrected chi connectivity index (χ3v) is 3.40. The molecule has 1 aromatic carbocycles. The van der Waals surface area contributed by atoms with Crippen LogP contribution in [0.15, 0.2) is 16.0 Å². The topological polar surface area (TPSA) is 65.3 Å². The van der Waals surface area contributed by atoms with Gasteiger partial charge in [0.05, 0.1) is 17.5 Å². The Hall–Kier alpha value is -1.21. The van der Waals surface area contributed by atoms with E-state index in [1.807, 2.05) is 0 Å². The number of methoxy groups -OCH3 is 1. The number of benzene rings is 1. The smallest absolute Gasteiger partial charge is 0.330 e. The van der Waals surface area contributed by atoms with E-state index >= 15 is 0 Å². The Morgan fingerprint density at radius 3 is 2.93 bits per heavy atom. The Morgan fingerprint density at radius 2 is 2.33 bits per heavy atom. The van der Waals surface area contributed by atoms with Gasteiger partial charge in [0.2, 0.25) is 0 Å². The third kappa shape index (κ3) is 1.68. The van der Waals surface area contributed by atoms with E-state index in [1.54, 1.807) is 12.1 Å². The van der Waals surface area contributed by atoms with Gasteiger partial charge in [-0.1, -0.05) is 11.3 Å². The summed E-state index contributed by atoms with van der Waals surface area (Å²) in [4.78, 5) is 14.5. The maximum absolute atomic E-state index is 10.9. The van der Waals surface area contributed by atoms with Crippen LogP contribution >= 0.6 is 27.3 Å². The van der Waals surface area contributed by atoms with Crippen LogP contribution in [0.1, 0.15) is 0 Å². The number of nitrogens with zero attached hydrogens (tertiary/aromatic N) is 2. The first-order valence-corrected chi connectivity index (χ1v) is 5.52. The van der Waals surface area contributed by atoms with Crippen LogP contribution < -0.4 is 4.74 Å². The van der Waals surface area contributed by atoms with Crippen LogP contribution in [0.3, 0.4) is 0 Å². The van der Waals surface area contributed by atoms with Crippen molar-refractivity contribution < 1.29 is 9.66 Å². The van der Waals surface area contributed by atoms with Gasteiger partial charge < -0.3 is 4.74 Å². The number of thiazole rings is 1. The van der Waals surface area contributed by atoms with Crippen molar-refractivity contribution in [3.8, 4) is 5.75 Å². The van der Waals surface area contributed by atoms with Crippen molar-refractivity contribution in [1.29, 1.82) is 0 Å². The number of nitro groups is 1. The van der Waals surface area contributed by atoms with Crippen LogP contribution in [-0.4, -0.2) is 17.0 Å². The average Bonchev–Trinajstić information content (AvgIpc) is 2.55. The molecule has 2 aromatic rings. The van der Waals surface area contributed by atoms with Crippen LogP contribution in [0.5, 0.6) is 5.75 Å². The second kappa shape index (κ2) is 3.74. The summed E-state index contributed by atoms with van der Waals surface area (Å²) in [6.07, 6.45) is 0. The van der Waals surface area contributed by atoms with Gasteiger partial charge in [-0.25, -0.2) is 4.98 Å². The summed E-state index contributed by atoms with van der Waals surface area (Å²) in [5.41, 5.74) is 0.567. The molecular weight excluding hydrogens is 284 g/mol. The molecule has 7 heteroatoms. The molecule has 0 bridgehead atoms.